The van der Waals surface area contributed by atoms with Crippen LogP contribution in [0.4, 0.5) is 0 Å². The van der Waals surface area contributed by atoms with Gasteiger partial charge in [-0.3, -0.25) is 0 Å². The van der Waals surface area contributed by atoms with Crippen molar-refractivity contribution in [3.05, 3.63) is 101 Å². The summed E-state index contributed by atoms with van der Waals surface area (Å²) in [7, 11) is -4.46. The second-order valence-electron chi connectivity index (χ2n) is 7.67. The standard InChI is InChI=1S/C26H28O3S.Na/c1-4-5-6-25(21-15-17-24(18-16-21)30(27,28)29)26(22-11-7-19(2)8-12-22)23-13-9-20(3)10-14-23;/h7-18H,4-6H2,1-3H3,(H,27,28,29);/q;+1/p-1. The van der Waals surface area contributed by atoms with Crippen LogP contribution in [-0.4, -0.2) is 13.0 Å². The second kappa shape index (κ2) is 11.3. The normalized spacial score (nSPS) is 11.0. The van der Waals surface area contributed by atoms with Crippen molar-refractivity contribution in [2.24, 2.45) is 0 Å². The maximum atomic E-state index is 11.4. The Morgan fingerprint density at radius 2 is 1.16 bits per heavy atom. The summed E-state index contributed by atoms with van der Waals surface area (Å²) in [5.41, 5.74) is 7.86. The molecule has 0 aliphatic rings. The Bertz CT molecular complexity index is 1080. The van der Waals surface area contributed by atoms with Crippen molar-refractivity contribution in [1.29, 1.82) is 0 Å². The molecule has 0 heterocycles. The number of hydrogen-bond acceptors (Lipinski definition) is 3. The van der Waals surface area contributed by atoms with Crippen LogP contribution in [0.2, 0.25) is 0 Å². The zero-order valence-electron chi connectivity index (χ0n) is 18.7. The quantitative estimate of drug-likeness (QED) is 0.320. The predicted molar refractivity (Wildman–Crippen MR) is 122 cm³/mol. The van der Waals surface area contributed by atoms with Gasteiger partial charge in [-0.05, 0) is 66.7 Å². The Morgan fingerprint density at radius 3 is 1.55 bits per heavy atom. The molecule has 5 heteroatoms. The summed E-state index contributed by atoms with van der Waals surface area (Å²) in [6, 6.07) is 23.3. The summed E-state index contributed by atoms with van der Waals surface area (Å²) >= 11 is 0. The minimum Gasteiger partial charge on any atom is -0.744 e. The van der Waals surface area contributed by atoms with Crippen LogP contribution in [0.25, 0.3) is 11.1 Å². The molecule has 0 atom stereocenters. The molecule has 0 aliphatic carbocycles. The topological polar surface area (TPSA) is 57.2 Å². The van der Waals surface area contributed by atoms with Crippen molar-refractivity contribution in [2.45, 2.75) is 44.9 Å². The van der Waals surface area contributed by atoms with Crippen LogP contribution in [0, 0.1) is 13.8 Å². The molecule has 0 saturated heterocycles. The van der Waals surface area contributed by atoms with Gasteiger partial charge in [0.15, 0.2) is 0 Å². The van der Waals surface area contributed by atoms with Gasteiger partial charge in [0.1, 0.15) is 10.1 Å². The Kier molecular flexibility index (Phi) is 9.28. The first-order chi connectivity index (χ1) is 14.3. The fraction of sp³-hybridized carbons (Fsp3) is 0.231. The minimum atomic E-state index is -4.46. The molecule has 3 nitrogen and oxygen atoms in total. The zero-order chi connectivity index (χ0) is 21.7. The van der Waals surface area contributed by atoms with E-state index >= 15 is 0 Å². The van der Waals surface area contributed by atoms with E-state index in [1.165, 1.54) is 23.3 Å². The summed E-state index contributed by atoms with van der Waals surface area (Å²) in [6.45, 7) is 6.29. The SMILES string of the molecule is CCCCC(=C(c1ccc(C)cc1)c1ccc(C)cc1)c1ccc(S(=O)(=O)[O-])cc1.[Na+]. The molecule has 0 amide bonds. The fourth-order valence-corrected chi connectivity index (χ4v) is 4.02. The van der Waals surface area contributed by atoms with Crippen molar-refractivity contribution < 1.29 is 42.5 Å². The third-order valence-corrected chi connectivity index (χ3v) is 6.10. The van der Waals surface area contributed by atoms with Crippen LogP contribution in [-0.2, 0) is 10.1 Å². The van der Waals surface area contributed by atoms with Crippen LogP contribution < -0.4 is 29.6 Å². The molecule has 0 radical (unpaired) electrons. The number of rotatable bonds is 7. The molecule has 3 aromatic rings. The van der Waals surface area contributed by atoms with Gasteiger partial charge in [-0.15, -0.1) is 0 Å². The average molecular weight is 443 g/mol. The van der Waals surface area contributed by atoms with Crippen LogP contribution >= 0.6 is 0 Å². The van der Waals surface area contributed by atoms with E-state index in [9.17, 15) is 13.0 Å². The molecule has 31 heavy (non-hydrogen) atoms. The molecule has 0 spiro atoms. The largest absolute Gasteiger partial charge is 1.00 e. The molecular weight excluding hydrogens is 415 g/mol. The van der Waals surface area contributed by atoms with E-state index in [0.717, 1.165) is 47.1 Å². The predicted octanol–water partition coefficient (Wildman–Crippen LogP) is 3.36. The van der Waals surface area contributed by atoms with E-state index in [-0.39, 0.29) is 34.5 Å². The van der Waals surface area contributed by atoms with E-state index in [2.05, 4.69) is 69.3 Å². The number of hydrogen-bond donors (Lipinski definition) is 0. The molecule has 3 rings (SSSR count). The molecule has 0 unspecified atom stereocenters. The maximum absolute atomic E-state index is 11.4. The van der Waals surface area contributed by atoms with E-state index in [0.29, 0.717) is 0 Å². The van der Waals surface area contributed by atoms with Gasteiger partial charge in [-0.1, -0.05) is 85.1 Å². The molecule has 3 aromatic carbocycles. The third-order valence-electron chi connectivity index (χ3n) is 5.25. The zero-order valence-corrected chi connectivity index (χ0v) is 21.5. The van der Waals surface area contributed by atoms with E-state index in [4.69, 9.17) is 0 Å². The van der Waals surface area contributed by atoms with Gasteiger partial charge in [0, 0.05) is 0 Å². The first kappa shape index (κ1) is 25.6. The van der Waals surface area contributed by atoms with Gasteiger partial charge in [0.25, 0.3) is 0 Å². The van der Waals surface area contributed by atoms with Crippen LogP contribution in [0.5, 0.6) is 0 Å². The van der Waals surface area contributed by atoms with Crippen molar-refractivity contribution in [3.63, 3.8) is 0 Å². The average Bonchev–Trinajstić information content (AvgIpc) is 2.72. The Hall–Kier alpha value is -1.69. The van der Waals surface area contributed by atoms with E-state index in [1.807, 2.05) is 0 Å². The van der Waals surface area contributed by atoms with Crippen LogP contribution in [0.3, 0.4) is 0 Å². The fourth-order valence-electron chi connectivity index (χ4n) is 3.55. The number of allylic oxidation sites excluding steroid dienone is 1. The molecule has 0 fully saturated rings. The van der Waals surface area contributed by atoms with Crippen molar-refractivity contribution in [2.75, 3.05) is 0 Å². The van der Waals surface area contributed by atoms with E-state index in [1.54, 1.807) is 12.1 Å². The third kappa shape index (κ3) is 6.64. The van der Waals surface area contributed by atoms with Crippen molar-refractivity contribution >= 4 is 21.3 Å². The smallest absolute Gasteiger partial charge is 0.744 e. The summed E-state index contributed by atoms with van der Waals surface area (Å²) in [6.07, 6.45) is 2.92. The molecular formula is C26H27NaO3S. The van der Waals surface area contributed by atoms with Crippen LogP contribution in [0.1, 0.15) is 54.0 Å². The molecule has 0 N–H and O–H groups in total. The van der Waals surface area contributed by atoms with Gasteiger partial charge in [0.05, 0.1) is 4.90 Å². The van der Waals surface area contributed by atoms with Crippen molar-refractivity contribution in [3.8, 4) is 0 Å². The van der Waals surface area contributed by atoms with Crippen LogP contribution in [0.15, 0.2) is 77.7 Å². The number of unbranched alkanes of at least 4 members (excludes halogenated alkanes) is 1. The number of benzene rings is 3. The Balaban J connectivity index is 0.00000341. The first-order valence-electron chi connectivity index (χ1n) is 10.2. The molecule has 0 aromatic heterocycles. The summed E-state index contributed by atoms with van der Waals surface area (Å²) < 4.78 is 34.1. The van der Waals surface area contributed by atoms with Gasteiger partial charge in [0.2, 0.25) is 0 Å². The van der Waals surface area contributed by atoms with Gasteiger partial charge >= 0.3 is 29.6 Å². The van der Waals surface area contributed by atoms with E-state index < -0.39 is 10.1 Å². The molecule has 0 saturated carbocycles. The summed E-state index contributed by atoms with van der Waals surface area (Å²) in [5.74, 6) is 0. The molecule has 0 aliphatic heterocycles. The molecule has 156 valence electrons. The number of aryl methyl sites for hydroxylation is 2. The first-order valence-corrected chi connectivity index (χ1v) is 11.6. The van der Waals surface area contributed by atoms with Gasteiger partial charge in [-0.2, -0.15) is 0 Å². The molecule has 0 bridgehead atoms. The maximum Gasteiger partial charge on any atom is 1.00 e. The Labute approximate surface area is 208 Å². The second-order valence-corrected chi connectivity index (χ2v) is 9.05. The Morgan fingerprint density at radius 1 is 0.742 bits per heavy atom. The summed E-state index contributed by atoms with van der Waals surface area (Å²) in [4.78, 5) is -0.201. The summed E-state index contributed by atoms with van der Waals surface area (Å²) in [5, 5.41) is 0. The minimum absolute atomic E-state index is 0. The van der Waals surface area contributed by atoms with Gasteiger partial charge < -0.3 is 4.55 Å². The monoisotopic (exact) mass is 442 g/mol. The van der Waals surface area contributed by atoms with Gasteiger partial charge in [-0.25, -0.2) is 8.42 Å². The van der Waals surface area contributed by atoms with Crippen molar-refractivity contribution in [1.82, 2.24) is 0 Å².